The first-order valence-electron chi connectivity index (χ1n) is 3.42. The number of fused-ring (bicyclic) bond motifs is 1. The van der Waals surface area contributed by atoms with Gasteiger partial charge in [-0.2, -0.15) is 0 Å². The summed E-state index contributed by atoms with van der Waals surface area (Å²) in [5.74, 6) is 0. The lowest BCUT2D eigenvalue weighted by molar-refractivity contribution is 0.422. The smallest absolute Gasteiger partial charge is 0.0535 e. The first-order chi connectivity index (χ1) is 4.86. The molecule has 0 radical (unpaired) electrons. The van der Waals surface area contributed by atoms with Crippen molar-refractivity contribution in [1.82, 2.24) is 5.01 Å². The molecule has 0 fully saturated rings. The molecule has 1 aromatic carbocycles. The number of anilines is 1. The molecular formula is C8H10N2. The molecule has 1 heterocycles. The molecule has 2 rings (SSSR count). The zero-order chi connectivity index (χ0) is 6.97. The third-order valence-electron chi connectivity index (χ3n) is 1.74. The van der Waals surface area contributed by atoms with Gasteiger partial charge >= 0.3 is 0 Å². The molecular weight excluding hydrogens is 124 g/mol. The Balaban J connectivity index is 2.42. The summed E-state index contributed by atoms with van der Waals surface area (Å²) >= 11 is 0. The minimum absolute atomic E-state index is 1.01. The number of nitrogens with one attached hydrogen (secondary N) is 1. The van der Waals surface area contributed by atoms with Crippen molar-refractivity contribution in [2.45, 2.75) is 6.54 Å². The van der Waals surface area contributed by atoms with Crippen LogP contribution in [0, 0.1) is 0 Å². The normalized spacial score (nSPS) is 16.5. The van der Waals surface area contributed by atoms with Gasteiger partial charge in [-0.3, -0.25) is 0 Å². The molecule has 52 valence electrons. The van der Waals surface area contributed by atoms with Crippen molar-refractivity contribution in [3.63, 3.8) is 0 Å². The van der Waals surface area contributed by atoms with E-state index in [2.05, 4.69) is 28.6 Å². The fourth-order valence-electron chi connectivity index (χ4n) is 1.27. The highest BCUT2D eigenvalue weighted by atomic mass is 15.5. The molecule has 1 aliphatic rings. The van der Waals surface area contributed by atoms with E-state index in [0.29, 0.717) is 0 Å². The maximum atomic E-state index is 3.23. The molecule has 10 heavy (non-hydrogen) atoms. The molecule has 1 aromatic rings. The van der Waals surface area contributed by atoms with Crippen molar-refractivity contribution in [2.24, 2.45) is 0 Å². The van der Waals surface area contributed by atoms with Crippen LogP contribution < -0.4 is 5.43 Å². The van der Waals surface area contributed by atoms with E-state index in [1.165, 1.54) is 11.3 Å². The summed E-state index contributed by atoms with van der Waals surface area (Å²) in [7, 11) is 2.04. The minimum atomic E-state index is 1.01. The average Bonchev–Trinajstić information content (AvgIpc) is 2.27. The lowest BCUT2D eigenvalue weighted by Crippen LogP contribution is -2.16. The van der Waals surface area contributed by atoms with Crippen molar-refractivity contribution in [1.29, 1.82) is 0 Å². The van der Waals surface area contributed by atoms with Gasteiger partial charge in [0.25, 0.3) is 0 Å². The fraction of sp³-hybridized carbons (Fsp3) is 0.250. The summed E-state index contributed by atoms with van der Waals surface area (Å²) in [6, 6.07) is 8.36. The number of hydrazine groups is 1. The van der Waals surface area contributed by atoms with E-state index >= 15 is 0 Å². The first kappa shape index (κ1) is 5.74. The Hall–Kier alpha value is -1.02. The molecule has 0 unspecified atom stereocenters. The van der Waals surface area contributed by atoms with Crippen LogP contribution in [0.5, 0.6) is 0 Å². The van der Waals surface area contributed by atoms with Crippen LogP contribution in [0.4, 0.5) is 5.69 Å². The predicted octanol–water partition coefficient (Wildman–Crippen LogP) is 1.46. The maximum Gasteiger partial charge on any atom is 0.0535 e. The molecule has 0 amide bonds. The number of benzene rings is 1. The molecule has 0 spiro atoms. The largest absolute Gasteiger partial charge is 0.318 e. The maximum absolute atomic E-state index is 3.23. The Morgan fingerprint density at radius 1 is 1.40 bits per heavy atom. The molecule has 0 saturated carbocycles. The summed E-state index contributed by atoms with van der Waals surface area (Å²) in [5.41, 5.74) is 5.85. The molecule has 0 aromatic heterocycles. The van der Waals surface area contributed by atoms with E-state index in [4.69, 9.17) is 0 Å². The highest BCUT2D eigenvalue weighted by Gasteiger charge is 2.11. The lowest BCUT2D eigenvalue weighted by Gasteiger charge is -2.06. The number of para-hydroxylation sites is 1. The number of nitrogens with zero attached hydrogens (tertiary/aromatic N) is 1. The molecule has 1 N–H and O–H groups in total. The van der Waals surface area contributed by atoms with Gasteiger partial charge in [-0.15, -0.1) is 0 Å². The van der Waals surface area contributed by atoms with Crippen LogP contribution in [-0.2, 0) is 6.54 Å². The van der Waals surface area contributed by atoms with Gasteiger partial charge in [-0.1, -0.05) is 18.2 Å². The van der Waals surface area contributed by atoms with Crippen LogP contribution >= 0.6 is 0 Å². The second-order valence-corrected chi connectivity index (χ2v) is 2.63. The molecule has 0 bridgehead atoms. The van der Waals surface area contributed by atoms with Gasteiger partial charge in [0.15, 0.2) is 0 Å². The van der Waals surface area contributed by atoms with Gasteiger partial charge in [0.1, 0.15) is 0 Å². The number of hydrogen-bond donors (Lipinski definition) is 1. The molecule has 0 atom stereocenters. The minimum Gasteiger partial charge on any atom is -0.318 e. The molecule has 1 aliphatic heterocycles. The molecule has 2 nitrogen and oxygen atoms in total. The van der Waals surface area contributed by atoms with Crippen molar-refractivity contribution in [3.8, 4) is 0 Å². The Morgan fingerprint density at radius 2 is 2.20 bits per heavy atom. The highest BCUT2D eigenvalue weighted by Crippen LogP contribution is 2.22. The van der Waals surface area contributed by atoms with Crippen LogP contribution in [0.25, 0.3) is 0 Å². The summed E-state index contributed by atoms with van der Waals surface area (Å²) < 4.78 is 0. The monoisotopic (exact) mass is 134 g/mol. The third-order valence-corrected chi connectivity index (χ3v) is 1.74. The molecule has 0 aliphatic carbocycles. The standard InChI is InChI=1S/C8H10N2/c1-10-6-7-4-2-3-5-8(7)9-10/h2-5,9H,6H2,1H3. The Morgan fingerprint density at radius 3 is 3.00 bits per heavy atom. The van der Waals surface area contributed by atoms with Gasteiger partial charge in [0.05, 0.1) is 5.69 Å². The summed E-state index contributed by atoms with van der Waals surface area (Å²) in [6.45, 7) is 1.01. The summed E-state index contributed by atoms with van der Waals surface area (Å²) in [6.07, 6.45) is 0. The zero-order valence-corrected chi connectivity index (χ0v) is 5.96. The Bertz CT molecular complexity index is 220. The van der Waals surface area contributed by atoms with E-state index in [9.17, 15) is 0 Å². The van der Waals surface area contributed by atoms with Gasteiger partial charge in [0, 0.05) is 13.6 Å². The zero-order valence-electron chi connectivity index (χ0n) is 5.96. The second kappa shape index (κ2) is 1.99. The lowest BCUT2D eigenvalue weighted by atomic mass is 10.2. The Labute approximate surface area is 60.4 Å². The van der Waals surface area contributed by atoms with Crippen molar-refractivity contribution in [3.05, 3.63) is 29.8 Å². The molecule has 0 saturated heterocycles. The van der Waals surface area contributed by atoms with Gasteiger partial charge in [0.2, 0.25) is 0 Å². The van der Waals surface area contributed by atoms with E-state index in [1.807, 2.05) is 13.1 Å². The van der Waals surface area contributed by atoms with E-state index < -0.39 is 0 Å². The van der Waals surface area contributed by atoms with Crippen LogP contribution in [-0.4, -0.2) is 12.1 Å². The van der Waals surface area contributed by atoms with Crippen molar-refractivity contribution >= 4 is 5.69 Å². The van der Waals surface area contributed by atoms with E-state index in [-0.39, 0.29) is 0 Å². The quantitative estimate of drug-likeness (QED) is 0.578. The first-order valence-corrected chi connectivity index (χ1v) is 3.42. The summed E-state index contributed by atoms with van der Waals surface area (Å²) in [4.78, 5) is 0. The van der Waals surface area contributed by atoms with Crippen LogP contribution in [0.1, 0.15) is 5.56 Å². The van der Waals surface area contributed by atoms with Crippen LogP contribution in [0.15, 0.2) is 24.3 Å². The van der Waals surface area contributed by atoms with Gasteiger partial charge in [-0.05, 0) is 11.6 Å². The van der Waals surface area contributed by atoms with Crippen molar-refractivity contribution < 1.29 is 0 Å². The highest BCUT2D eigenvalue weighted by molar-refractivity contribution is 5.53. The fourth-order valence-corrected chi connectivity index (χ4v) is 1.27. The van der Waals surface area contributed by atoms with Gasteiger partial charge in [-0.25, -0.2) is 5.01 Å². The predicted molar refractivity (Wildman–Crippen MR) is 41.5 cm³/mol. The van der Waals surface area contributed by atoms with Crippen molar-refractivity contribution in [2.75, 3.05) is 12.5 Å². The topological polar surface area (TPSA) is 15.3 Å². The average molecular weight is 134 g/mol. The summed E-state index contributed by atoms with van der Waals surface area (Å²) in [5, 5.41) is 2.07. The van der Waals surface area contributed by atoms with Gasteiger partial charge < -0.3 is 5.43 Å². The van der Waals surface area contributed by atoms with E-state index in [0.717, 1.165) is 6.54 Å². The SMILES string of the molecule is CN1Cc2ccccc2N1. The Kier molecular flexibility index (Phi) is 1.14. The molecule has 2 heteroatoms. The van der Waals surface area contributed by atoms with E-state index in [1.54, 1.807) is 0 Å². The second-order valence-electron chi connectivity index (χ2n) is 2.63. The third kappa shape index (κ3) is 0.772. The van der Waals surface area contributed by atoms with Crippen LogP contribution in [0.2, 0.25) is 0 Å². The number of rotatable bonds is 0. The van der Waals surface area contributed by atoms with Crippen LogP contribution in [0.3, 0.4) is 0 Å². The number of hydrogen-bond acceptors (Lipinski definition) is 2.